The summed E-state index contributed by atoms with van der Waals surface area (Å²) in [5.74, 6) is 0.618. The van der Waals surface area contributed by atoms with Gasteiger partial charge in [-0.05, 0) is 25.1 Å². The summed E-state index contributed by atoms with van der Waals surface area (Å²) in [7, 11) is 1.48. The first-order chi connectivity index (χ1) is 11.1. The molecule has 0 atom stereocenters. The van der Waals surface area contributed by atoms with Crippen molar-refractivity contribution >= 4 is 17.5 Å². The summed E-state index contributed by atoms with van der Waals surface area (Å²) >= 11 is 6.15. The van der Waals surface area contributed by atoms with E-state index < -0.39 is 0 Å². The van der Waals surface area contributed by atoms with Crippen LogP contribution in [-0.4, -0.2) is 24.7 Å². The maximum atomic E-state index is 12.3. The summed E-state index contributed by atoms with van der Waals surface area (Å²) in [4.78, 5) is 12.3. The molecule has 122 valence electrons. The van der Waals surface area contributed by atoms with Crippen LogP contribution < -0.4 is 14.8 Å². The van der Waals surface area contributed by atoms with Crippen molar-refractivity contribution in [3.63, 3.8) is 0 Å². The molecule has 2 N–H and O–H groups in total. The van der Waals surface area contributed by atoms with Crippen molar-refractivity contribution in [3.8, 4) is 17.2 Å². The SMILES string of the molecule is CCOc1c(Cl)cc(C(=O)NCc2ccccc2O)cc1OC. The minimum absolute atomic E-state index is 0.134. The van der Waals surface area contributed by atoms with E-state index in [0.717, 1.165) is 0 Å². The lowest BCUT2D eigenvalue weighted by Crippen LogP contribution is -2.23. The van der Waals surface area contributed by atoms with Crippen LogP contribution in [0.2, 0.25) is 5.02 Å². The zero-order valence-electron chi connectivity index (χ0n) is 12.9. The predicted molar refractivity (Wildman–Crippen MR) is 88.5 cm³/mol. The Morgan fingerprint density at radius 2 is 2.04 bits per heavy atom. The average molecular weight is 336 g/mol. The number of phenols is 1. The maximum Gasteiger partial charge on any atom is 0.251 e. The van der Waals surface area contributed by atoms with E-state index in [1.807, 2.05) is 6.92 Å². The molecule has 2 aromatic carbocycles. The number of methoxy groups -OCH3 is 1. The Morgan fingerprint density at radius 3 is 2.70 bits per heavy atom. The Balaban J connectivity index is 2.16. The lowest BCUT2D eigenvalue weighted by atomic mass is 10.1. The monoisotopic (exact) mass is 335 g/mol. The van der Waals surface area contributed by atoms with Gasteiger partial charge in [-0.15, -0.1) is 0 Å². The normalized spacial score (nSPS) is 10.2. The molecule has 0 aliphatic carbocycles. The van der Waals surface area contributed by atoms with E-state index in [-0.39, 0.29) is 18.2 Å². The van der Waals surface area contributed by atoms with Crippen molar-refractivity contribution in [2.75, 3.05) is 13.7 Å². The van der Waals surface area contributed by atoms with E-state index in [4.69, 9.17) is 21.1 Å². The van der Waals surface area contributed by atoms with E-state index in [2.05, 4.69) is 5.32 Å². The van der Waals surface area contributed by atoms with Gasteiger partial charge < -0.3 is 19.9 Å². The van der Waals surface area contributed by atoms with Gasteiger partial charge in [-0.1, -0.05) is 29.8 Å². The first-order valence-corrected chi connectivity index (χ1v) is 7.50. The largest absolute Gasteiger partial charge is 0.508 e. The number of rotatable bonds is 6. The van der Waals surface area contributed by atoms with Gasteiger partial charge in [0.2, 0.25) is 0 Å². The third-order valence-electron chi connectivity index (χ3n) is 3.21. The topological polar surface area (TPSA) is 67.8 Å². The van der Waals surface area contributed by atoms with Gasteiger partial charge in [0.25, 0.3) is 5.91 Å². The van der Waals surface area contributed by atoms with Gasteiger partial charge in [0.05, 0.1) is 18.7 Å². The summed E-state index contributed by atoms with van der Waals surface area (Å²) < 4.78 is 10.6. The molecule has 0 spiro atoms. The molecule has 0 heterocycles. The molecular weight excluding hydrogens is 318 g/mol. The van der Waals surface area contributed by atoms with Crippen molar-refractivity contribution in [1.29, 1.82) is 0 Å². The number of nitrogens with one attached hydrogen (secondary N) is 1. The lowest BCUT2D eigenvalue weighted by Gasteiger charge is -2.13. The van der Waals surface area contributed by atoms with Crippen LogP contribution in [-0.2, 0) is 6.54 Å². The van der Waals surface area contributed by atoms with Gasteiger partial charge in [-0.2, -0.15) is 0 Å². The van der Waals surface area contributed by atoms with Crippen LogP contribution in [0.5, 0.6) is 17.2 Å². The Morgan fingerprint density at radius 1 is 1.30 bits per heavy atom. The van der Waals surface area contributed by atoms with Gasteiger partial charge in [0, 0.05) is 17.7 Å². The van der Waals surface area contributed by atoms with Crippen molar-refractivity contribution in [2.24, 2.45) is 0 Å². The Hall–Kier alpha value is -2.40. The lowest BCUT2D eigenvalue weighted by molar-refractivity contribution is 0.0950. The molecule has 2 aromatic rings. The first kappa shape index (κ1) is 17.0. The summed E-state index contributed by atoms with van der Waals surface area (Å²) in [5.41, 5.74) is 0.982. The number of halogens is 1. The highest BCUT2D eigenvalue weighted by Crippen LogP contribution is 2.36. The molecule has 0 aliphatic rings. The molecule has 0 aliphatic heterocycles. The molecule has 0 saturated carbocycles. The number of carbonyl (C=O) groups is 1. The van der Waals surface area contributed by atoms with Gasteiger partial charge >= 0.3 is 0 Å². The second-order valence-electron chi connectivity index (χ2n) is 4.73. The molecule has 0 aromatic heterocycles. The molecule has 5 nitrogen and oxygen atoms in total. The highest BCUT2D eigenvalue weighted by atomic mass is 35.5. The number of ether oxygens (including phenoxy) is 2. The first-order valence-electron chi connectivity index (χ1n) is 7.12. The molecular formula is C17H18ClNO4. The van der Waals surface area contributed by atoms with Crippen molar-refractivity contribution in [3.05, 3.63) is 52.5 Å². The van der Waals surface area contributed by atoms with E-state index in [0.29, 0.717) is 34.3 Å². The van der Waals surface area contributed by atoms with Crippen LogP contribution in [0, 0.1) is 0 Å². The van der Waals surface area contributed by atoms with Crippen molar-refractivity contribution in [1.82, 2.24) is 5.32 Å². The fourth-order valence-electron chi connectivity index (χ4n) is 2.07. The van der Waals surface area contributed by atoms with Crippen LogP contribution >= 0.6 is 11.6 Å². The third kappa shape index (κ3) is 4.07. The molecule has 0 fully saturated rings. The third-order valence-corrected chi connectivity index (χ3v) is 3.49. The Labute approximate surface area is 139 Å². The summed E-state index contributed by atoms with van der Waals surface area (Å²) in [6.45, 7) is 2.48. The number of hydrogen-bond donors (Lipinski definition) is 2. The fraction of sp³-hybridized carbons (Fsp3) is 0.235. The Bertz CT molecular complexity index is 703. The molecule has 23 heavy (non-hydrogen) atoms. The quantitative estimate of drug-likeness (QED) is 0.849. The maximum absolute atomic E-state index is 12.3. The summed E-state index contributed by atoms with van der Waals surface area (Å²) in [6.07, 6.45) is 0. The molecule has 0 radical (unpaired) electrons. The summed E-state index contributed by atoms with van der Waals surface area (Å²) in [6, 6.07) is 9.90. The van der Waals surface area contributed by atoms with E-state index in [1.165, 1.54) is 13.2 Å². The molecule has 6 heteroatoms. The number of amides is 1. The van der Waals surface area contributed by atoms with Gasteiger partial charge in [0.15, 0.2) is 11.5 Å². The molecule has 2 rings (SSSR count). The minimum Gasteiger partial charge on any atom is -0.508 e. The predicted octanol–water partition coefficient (Wildman–Crippen LogP) is 3.38. The van der Waals surface area contributed by atoms with E-state index >= 15 is 0 Å². The molecule has 0 saturated heterocycles. The minimum atomic E-state index is -0.323. The number of hydrogen-bond acceptors (Lipinski definition) is 4. The molecule has 0 bridgehead atoms. The number of phenolic OH excluding ortho intramolecular Hbond substituents is 1. The standard InChI is InChI=1S/C17H18ClNO4/c1-3-23-16-13(18)8-12(9-15(16)22-2)17(21)19-10-11-6-4-5-7-14(11)20/h4-9,20H,3,10H2,1-2H3,(H,19,21). The summed E-state index contributed by atoms with van der Waals surface area (Å²) in [5, 5.41) is 12.7. The second kappa shape index (κ2) is 7.74. The van der Waals surface area contributed by atoms with Crippen molar-refractivity contribution in [2.45, 2.75) is 13.5 Å². The smallest absolute Gasteiger partial charge is 0.251 e. The van der Waals surface area contributed by atoms with Crippen LogP contribution in [0.3, 0.4) is 0 Å². The average Bonchev–Trinajstić information content (AvgIpc) is 2.55. The van der Waals surface area contributed by atoms with Crippen LogP contribution in [0.4, 0.5) is 0 Å². The van der Waals surface area contributed by atoms with Crippen LogP contribution in [0.25, 0.3) is 0 Å². The highest BCUT2D eigenvalue weighted by molar-refractivity contribution is 6.32. The van der Waals surface area contributed by atoms with Gasteiger partial charge in [0.1, 0.15) is 5.75 Å². The van der Waals surface area contributed by atoms with Crippen LogP contribution in [0.1, 0.15) is 22.8 Å². The second-order valence-corrected chi connectivity index (χ2v) is 5.14. The van der Waals surface area contributed by atoms with E-state index in [1.54, 1.807) is 30.3 Å². The number of carbonyl (C=O) groups excluding carboxylic acids is 1. The zero-order chi connectivity index (χ0) is 16.8. The van der Waals surface area contributed by atoms with Gasteiger partial charge in [-0.3, -0.25) is 4.79 Å². The Kier molecular flexibility index (Phi) is 5.71. The highest BCUT2D eigenvalue weighted by Gasteiger charge is 2.15. The van der Waals surface area contributed by atoms with Gasteiger partial charge in [-0.25, -0.2) is 0 Å². The van der Waals surface area contributed by atoms with Crippen LogP contribution in [0.15, 0.2) is 36.4 Å². The number of benzene rings is 2. The number of para-hydroxylation sites is 1. The fourth-order valence-corrected chi connectivity index (χ4v) is 2.34. The van der Waals surface area contributed by atoms with Crippen molar-refractivity contribution < 1.29 is 19.4 Å². The molecule has 1 amide bonds. The zero-order valence-corrected chi connectivity index (χ0v) is 13.7. The molecule has 0 unspecified atom stereocenters. The van der Waals surface area contributed by atoms with E-state index in [9.17, 15) is 9.90 Å². The number of aromatic hydroxyl groups is 1.